The van der Waals surface area contributed by atoms with E-state index in [1.54, 1.807) is 12.3 Å². The van der Waals surface area contributed by atoms with Gasteiger partial charge in [0, 0.05) is 12.4 Å². The van der Waals surface area contributed by atoms with Crippen LogP contribution in [0.3, 0.4) is 0 Å². The molecule has 5 nitrogen and oxygen atoms in total. The van der Waals surface area contributed by atoms with Crippen molar-refractivity contribution in [1.82, 2.24) is 15.3 Å². The summed E-state index contributed by atoms with van der Waals surface area (Å²) in [6.07, 6.45) is 3.08. The fourth-order valence-electron chi connectivity index (χ4n) is 2.61. The van der Waals surface area contributed by atoms with E-state index >= 15 is 0 Å². The van der Waals surface area contributed by atoms with Gasteiger partial charge in [-0.15, -0.1) is 0 Å². The largest absolute Gasteiger partial charge is 0.487 e. The SMILES string of the molecule is CC(NC(=O)c1cccnc1SC(F)F)c1cccc(OCc2ccccn2)c1. The summed E-state index contributed by atoms with van der Waals surface area (Å²) in [6.45, 7) is 2.14. The number of aromatic nitrogens is 2. The van der Waals surface area contributed by atoms with E-state index in [1.165, 1.54) is 12.3 Å². The van der Waals surface area contributed by atoms with Crippen molar-refractivity contribution in [3.05, 3.63) is 83.8 Å². The van der Waals surface area contributed by atoms with Gasteiger partial charge in [0.1, 0.15) is 17.4 Å². The highest BCUT2D eigenvalue weighted by Gasteiger charge is 2.18. The molecule has 3 aromatic rings. The summed E-state index contributed by atoms with van der Waals surface area (Å²) in [4.78, 5) is 20.7. The Bertz CT molecular complexity index is 957. The average molecular weight is 415 g/mol. The van der Waals surface area contributed by atoms with Gasteiger partial charge in [-0.3, -0.25) is 9.78 Å². The number of halogens is 2. The molecule has 0 spiro atoms. The minimum Gasteiger partial charge on any atom is -0.487 e. The topological polar surface area (TPSA) is 64.1 Å². The van der Waals surface area contributed by atoms with E-state index in [-0.39, 0.29) is 28.4 Å². The van der Waals surface area contributed by atoms with Gasteiger partial charge in [0.2, 0.25) is 0 Å². The first-order valence-electron chi connectivity index (χ1n) is 8.86. The second-order valence-electron chi connectivity index (χ2n) is 6.11. The number of nitrogens with zero attached hydrogens (tertiary/aromatic N) is 2. The minimum absolute atomic E-state index is 0.000329. The molecule has 0 fully saturated rings. The molecule has 1 amide bonds. The van der Waals surface area contributed by atoms with Gasteiger partial charge < -0.3 is 10.1 Å². The summed E-state index contributed by atoms with van der Waals surface area (Å²) in [7, 11) is 0. The van der Waals surface area contributed by atoms with Gasteiger partial charge in [0.25, 0.3) is 11.7 Å². The molecule has 0 saturated carbocycles. The standard InChI is InChI=1S/C21H19F2N3O2S/c1-14(26-19(27)18-9-5-11-25-20(18)29-21(22)23)15-6-4-8-17(12-15)28-13-16-7-2-3-10-24-16/h2-12,14,21H,13H2,1H3,(H,26,27). The predicted octanol–water partition coefficient (Wildman–Crippen LogP) is 4.86. The summed E-state index contributed by atoms with van der Waals surface area (Å²) in [6, 6.07) is 15.6. The van der Waals surface area contributed by atoms with Gasteiger partial charge in [0.15, 0.2) is 0 Å². The summed E-state index contributed by atoms with van der Waals surface area (Å²) < 4.78 is 31.2. The fourth-order valence-corrected chi connectivity index (χ4v) is 3.19. The smallest absolute Gasteiger partial charge is 0.290 e. The fraction of sp³-hybridized carbons (Fsp3) is 0.190. The van der Waals surface area contributed by atoms with E-state index in [2.05, 4.69) is 15.3 Å². The van der Waals surface area contributed by atoms with E-state index in [0.29, 0.717) is 12.4 Å². The van der Waals surface area contributed by atoms with Gasteiger partial charge in [0.05, 0.1) is 17.3 Å². The van der Waals surface area contributed by atoms with Crippen LogP contribution in [-0.2, 0) is 6.61 Å². The molecule has 1 unspecified atom stereocenters. The Morgan fingerprint density at radius 2 is 1.93 bits per heavy atom. The van der Waals surface area contributed by atoms with E-state index in [1.807, 2.05) is 49.4 Å². The van der Waals surface area contributed by atoms with Crippen LogP contribution in [0.4, 0.5) is 8.78 Å². The lowest BCUT2D eigenvalue weighted by Gasteiger charge is -2.16. The number of carbonyl (C=O) groups is 1. The van der Waals surface area contributed by atoms with Crippen molar-refractivity contribution in [1.29, 1.82) is 0 Å². The zero-order valence-electron chi connectivity index (χ0n) is 15.6. The molecule has 1 N–H and O–H groups in total. The molecule has 0 bridgehead atoms. The molecule has 0 aliphatic heterocycles. The molecule has 0 aliphatic rings. The van der Waals surface area contributed by atoms with Crippen molar-refractivity contribution in [3.63, 3.8) is 0 Å². The van der Waals surface area contributed by atoms with Crippen LogP contribution in [0, 0.1) is 0 Å². The number of rotatable bonds is 8. The Morgan fingerprint density at radius 3 is 2.69 bits per heavy atom. The Hall–Kier alpha value is -3.00. The predicted molar refractivity (Wildman–Crippen MR) is 107 cm³/mol. The van der Waals surface area contributed by atoms with Crippen molar-refractivity contribution < 1.29 is 18.3 Å². The number of pyridine rings is 2. The number of hydrogen-bond acceptors (Lipinski definition) is 5. The summed E-state index contributed by atoms with van der Waals surface area (Å²) in [5.74, 6) is -2.47. The first kappa shape index (κ1) is 20.7. The monoisotopic (exact) mass is 415 g/mol. The van der Waals surface area contributed by atoms with Crippen molar-refractivity contribution in [2.45, 2.75) is 30.4 Å². The molecule has 0 radical (unpaired) electrons. The van der Waals surface area contributed by atoms with Crippen molar-refractivity contribution >= 4 is 17.7 Å². The lowest BCUT2D eigenvalue weighted by atomic mass is 10.1. The number of hydrogen-bond donors (Lipinski definition) is 1. The molecule has 2 aromatic heterocycles. The van der Waals surface area contributed by atoms with Gasteiger partial charge in [-0.2, -0.15) is 8.78 Å². The number of nitrogens with one attached hydrogen (secondary N) is 1. The normalized spacial score (nSPS) is 11.9. The minimum atomic E-state index is -2.65. The number of benzene rings is 1. The van der Waals surface area contributed by atoms with E-state index < -0.39 is 11.7 Å². The van der Waals surface area contributed by atoms with Crippen LogP contribution < -0.4 is 10.1 Å². The molecule has 0 saturated heterocycles. The van der Waals surface area contributed by atoms with E-state index in [0.717, 1.165) is 11.3 Å². The maximum atomic E-state index is 12.7. The van der Waals surface area contributed by atoms with Crippen LogP contribution in [-0.4, -0.2) is 21.6 Å². The van der Waals surface area contributed by atoms with Crippen molar-refractivity contribution in [2.24, 2.45) is 0 Å². The molecule has 150 valence electrons. The van der Waals surface area contributed by atoms with Crippen molar-refractivity contribution in [3.8, 4) is 5.75 Å². The van der Waals surface area contributed by atoms with Gasteiger partial charge in [-0.05, 0) is 60.6 Å². The number of ether oxygens (including phenoxy) is 1. The van der Waals surface area contributed by atoms with Gasteiger partial charge in [-0.1, -0.05) is 18.2 Å². The van der Waals surface area contributed by atoms with Crippen LogP contribution in [0.2, 0.25) is 0 Å². The molecule has 2 heterocycles. The molecule has 1 aromatic carbocycles. The third-order valence-corrected chi connectivity index (χ3v) is 4.76. The first-order valence-corrected chi connectivity index (χ1v) is 9.74. The second-order valence-corrected chi connectivity index (χ2v) is 7.09. The second kappa shape index (κ2) is 9.97. The lowest BCUT2D eigenvalue weighted by molar-refractivity contribution is 0.0936. The summed E-state index contributed by atoms with van der Waals surface area (Å²) in [5.41, 5.74) is 1.75. The van der Waals surface area contributed by atoms with Crippen LogP contribution in [0.5, 0.6) is 5.75 Å². The van der Waals surface area contributed by atoms with Gasteiger partial charge in [-0.25, -0.2) is 4.98 Å². The molecule has 0 aliphatic carbocycles. The zero-order valence-corrected chi connectivity index (χ0v) is 16.4. The maximum absolute atomic E-state index is 12.7. The van der Waals surface area contributed by atoms with E-state index in [4.69, 9.17) is 4.74 Å². The molecule has 3 rings (SSSR count). The summed E-state index contributed by atoms with van der Waals surface area (Å²) >= 11 is 0.252. The third-order valence-electron chi connectivity index (χ3n) is 4.04. The highest BCUT2D eigenvalue weighted by atomic mass is 32.2. The Balaban J connectivity index is 1.66. The molecule has 1 atom stereocenters. The van der Waals surface area contributed by atoms with Crippen LogP contribution >= 0.6 is 11.8 Å². The first-order chi connectivity index (χ1) is 14.0. The summed E-state index contributed by atoms with van der Waals surface area (Å²) in [5, 5.41) is 2.82. The zero-order chi connectivity index (χ0) is 20.6. The van der Waals surface area contributed by atoms with Crippen LogP contribution in [0.15, 0.2) is 72.0 Å². The Labute approximate surface area is 171 Å². The van der Waals surface area contributed by atoms with Crippen LogP contribution in [0.1, 0.15) is 34.6 Å². The van der Waals surface area contributed by atoms with Crippen LogP contribution in [0.25, 0.3) is 0 Å². The molecular formula is C21H19F2N3O2S. The Kier molecular flexibility index (Phi) is 7.13. The van der Waals surface area contributed by atoms with Crippen molar-refractivity contribution in [2.75, 3.05) is 0 Å². The third kappa shape index (κ3) is 5.99. The molecule has 29 heavy (non-hydrogen) atoms. The number of alkyl halides is 2. The number of thioether (sulfide) groups is 1. The lowest BCUT2D eigenvalue weighted by Crippen LogP contribution is -2.27. The van der Waals surface area contributed by atoms with Gasteiger partial charge >= 0.3 is 0 Å². The number of carbonyl (C=O) groups excluding carboxylic acids is 1. The van der Waals surface area contributed by atoms with E-state index in [9.17, 15) is 13.6 Å². The number of amides is 1. The molecular weight excluding hydrogens is 396 g/mol. The highest BCUT2D eigenvalue weighted by molar-refractivity contribution is 7.99. The average Bonchev–Trinajstić information content (AvgIpc) is 2.73. The maximum Gasteiger partial charge on any atom is 0.290 e. The highest BCUT2D eigenvalue weighted by Crippen LogP contribution is 2.27. The Morgan fingerprint density at radius 1 is 1.10 bits per heavy atom. The molecule has 8 heteroatoms. The quantitative estimate of drug-likeness (QED) is 0.532.